The summed E-state index contributed by atoms with van der Waals surface area (Å²) in [6.45, 7) is 1.82. The Bertz CT molecular complexity index is 406. The Morgan fingerprint density at radius 2 is 2.38 bits per heavy atom. The highest BCUT2D eigenvalue weighted by Crippen LogP contribution is 2.48. The highest BCUT2D eigenvalue weighted by Gasteiger charge is 2.45. The quantitative estimate of drug-likeness (QED) is 0.625. The molecule has 0 saturated heterocycles. The van der Waals surface area contributed by atoms with Crippen molar-refractivity contribution in [1.29, 1.82) is 0 Å². The molecule has 0 radical (unpaired) electrons. The molecule has 1 aromatic heterocycles. The van der Waals surface area contributed by atoms with Crippen LogP contribution in [0.5, 0.6) is 0 Å². The van der Waals surface area contributed by atoms with E-state index in [9.17, 15) is 4.79 Å². The Morgan fingerprint density at radius 1 is 1.54 bits per heavy atom. The fraction of sp³-hybridized carbons (Fsp3) is 0.556. The first-order valence-corrected chi connectivity index (χ1v) is 4.59. The number of aromatic nitrogens is 2. The fourth-order valence-corrected chi connectivity index (χ4v) is 1.90. The second-order valence-electron chi connectivity index (χ2n) is 4.05. The van der Waals surface area contributed by atoms with Gasteiger partial charge in [0.25, 0.3) is 5.56 Å². The van der Waals surface area contributed by atoms with Crippen molar-refractivity contribution in [1.82, 2.24) is 9.55 Å². The average molecular weight is 177 g/mol. The Labute approximate surface area is 75.6 Å². The zero-order valence-corrected chi connectivity index (χ0v) is 7.29. The van der Waals surface area contributed by atoms with Gasteiger partial charge >= 0.3 is 0 Å². The van der Waals surface area contributed by atoms with Crippen LogP contribution in [0.15, 0.2) is 17.1 Å². The number of fused-ring (bicyclic) bond motifs is 1. The molecule has 0 aromatic carbocycles. The molecular weight excluding hydrogens is 166 g/mol. The lowest BCUT2D eigenvalue weighted by Gasteiger charge is -2.25. The van der Waals surface area contributed by atoms with E-state index in [2.05, 4.69) is 10.3 Å². The molecule has 1 N–H and O–H groups in total. The van der Waals surface area contributed by atoms with Crippen LogP contribution in [0.2, 0.25) is 0 Å². The van der Waals surface area contributed by atoms with E-state index in [-0.39, 0.29) is 5.56 Å². The smallest absolute Gasteiger partial charge is 0.254 e. The number of rotatable bonds is 0. The summed E-state index contributed by atoms with van der Waals surface area (Å²) >= 11 is 0. The van der Waals surface area contributed by atoms with E-state index in [1.165, 1.54) is 18.9 Å². The molecule has 1 saturated carbocycles. The molecule has 0 unspecified atom stereocenters. The Kier molecular flexibility index (Phi) is 1.17. The first kappa shape index (κ1) is 7.12. The zero-order valence-electron chi connectivity index (χ0n) is 7.29. The van der Waals surface area contributed by atoms with E-state index in [4.69, 9.17) is 0 Å². The van der Waals surface area contributed by atoms with Crippen molar-refractivity contribution < 1.29 is 0 Å². The van der Waals surface area contributed by atoms with Gasteiger partial charge in [-0.25, -0.2) is 4.98 Å². The van der Waals surface area contributed by atoms with E-state index in [1.54, 1.807) is 10.8 Å². The first-order chi connectivity index (χ1) is 6.29. The van der Waals surface area contributed by atoms with E-state index in [0.29, 0.717) is 5.41 Å². The molecule has 4 heteroatoms. The molecule has 1 aliphatic heterocycles. The molecule has 68 valence electrons. The van der Waals surface area contributed by atoms with Crippen LogP contribution in [0.25, 0.3) is 0 Å². The second kappa shape index (κ2) is 2.13. The second-order valence-corrected chi connectivity index (χ2v) is 4.05. The van der Waals surface area contributed by atoms with Crippen molar-refractivity contribution in [2.24, 2.45) is 5.41 Å². The zero-order chi connectivity index (χ0) is 8.89. The highest BCUT2D eigenvalue weighted by atomic mass is 16.1. The van der Waals surface area contributed by atoms with Gasteiger partial charge in [-0.2, -0.15) is 0 Å². The summed E-state index contributed by atoms with van der Waals surface area (Å²) in [5.74, 6) is 0.727. The summed E-state index contributed by atoms with van der Waals surface area (Å²) in [6, 6.07) is 1.52. The lowest BCUT2D eigenvalue weighted by molar-refractivity contribution is 0.408. The Hall–Kier alpha value is -1.32. The molecule has 1 fully saturated rings. The minimum atomic E-state index is 0.0588. The van der Waals surface area contributed by atoms with E-state index in [1.807, 2.05) is 0 Å². The van der Waals surface area contributed by atoms with Crippen molar-refractivity contribution in [2.75, 3.05) is 11.9 Å². The molecule has 0 bridgehead atoms. The summed E-state index contributed by atoms with van der Waals surface area (Å²) in [4.78, 5) is 15.6. The van der Waals surface area contributed by atoms with E-state index < -0.39 is 0 Å². The van der Waals surface area contributed by atoms with Crippen LogP contribution in [-0.4, -0.2) is 16.1 Å². The van der Waals surface area contributed by atoms with Crippen LogP contribution in [0.1, 0.15) is 12.8 Å². The molecule has 0 atom stereocenters. The molecule has 2 heterocycles. The van der Waals surface area contributed by atoms with Gasteiger partial charge in [0.05, 0.1) is 0 Å². The number of hydrogen-bond donors (Lipinski definition) is 1. The molecule has 1 spiro atoms. The lowest BCUT2D eigenvalue weighted by Crippen LogP contribution is -2.36. The molecule has 0 amide bonds. The average Bonchev–Trinajstić information content (AvgIpc) is 2.88. The molecule has 3 rings (SSSR count). The van der Waals surface area contributed by atoms with Gasteiger partial charge in [-0.15, -0.1) is 0 Å². The van der Waals surface area contributed by atoms with E-state index >= 15 is 0 Å². The third-order valence-corrected chi connectivity index (χ3v) is 3.01. The SMILES string of the molecule is O=c1ccnc2n1CC1(CC1)CN2. The summed E-state index contributed by atoms with van der Waals surface area (Å²) in [7, 11) is 0. The van der Waals surface area contributed by atoms with Crippen molar-refractivity contribution in [3.05, 3.63) is 22.6 Å². The maximum Gasteiger partial charge on any atom is 0.254 e. The highest BCUT2D eigenvalue weighted by molar-refractivity contribution is 5.30. The predicted molar refractivity (Wildman–Crippen MR) is 48.7 cm³/mol. The minimum absolute atomic E-state index is 0.0588. The van der Waals surface area contributed by atoms with Crippen LogP contribution in [0.3, 0.4) is 0 Å². The third kappa shape index (κ3) is 0.978. The predicted octanol–water partition coefficient (Wildman–Crippen LogP) is 0.449. The van der Waals surface area contributed by atoms with Crippen molar-refractivity contribution >= 4 is 5.95 Å². The van der Waals surface area contributed by atoms with Crippen molar-refractivity contribution in [3.8, 4) is 0 Å². The van der Waals surface area contributed by atoms with Gasteiger partial charge in [-0.1, -0.05) is 0 Å². The van der Waals surface area contributed by atoms with Gasteiger partial charge in [0.1, 0.15) is 0 Å². The molecule has 2 aliphatic rings. The van der Waals surface area contributed by atoms with Crippen LogP contribution in [-0.2, 0) is 6.54 Å². The minimum Gasteiger partial charge on any atom is -0.355 e. The van der Waals surface area contributed by atoms with Gasteiger partial charge in [0.2, 0.25) is 5.95 Å². The first-order valence-electron chi connectivity index (χ1n) is 4.59. The van der Waals surface area contributed by atoms with Gasteiger partial charge in [0.15, 0.2) is 0 Å². The molecular formula is C9H11N3O. The molecule has 13 heavy (non-hydrogen) atoms. The lowest BCUT2D eigenvalue weighted by atomic mass is 10.1. The van der Waals surface area contributed by atoms with E-state index in [0.717, 1.165) is 19.0 Å². The van der Waals surface area contributed by atoms with Gasteiger partial charge < -0.3 is 5.32 Å². The number of nitrogens with one attached hydrogen (secondary N) is 1. The standard InChI is InChI=1S/C9H11N3O/c13-7-1-4-10-8-11-5-9(2-3-9)6-12(7)8/h1,4H,2-3,5-6H2,(H,10,11). The third-order valence-electron chi connectivity index (χ3n) is 3.01. The normalized spacial score (nSPS) is 22.2. The van der Waals surface area contributed by atoms with Crippen LogP contribution >= 0.6 is 0 Å². The fourth-order valence-electron chi connectivity index (χ4n) is 1.90. The van der Waals surface area contributed by atoms with Gasteiger partial charge in [-0.05, 0) is 12.8 Å². The van der Waals surface area contributed by atoms with Crippen LogP contribution < -0.4 is 10.9 Å². The molecule has 4 nitrogen and oxygen atoms in total. The number of hydrogen-bond acceptors (Lipinski definition) is 3. The van der Waals surface area contributed by atoms with Gasteiger partial charge in [-0.3, -0.25) is 9.36 Å². The van der Waals surface area contributed by atoms with Crippen molar-refractivity contribution in [2.45, 2.75) is 19.4 Å². The van der Waals surface area contributed by atoms with Crippen LogP contribution in [0, 0.1) is 5.41 Å². The topological polar surface area (TPSA) is 46.9 Å². The van der Waals surface area contributed by atoms with Gasteiger partial charge in [0, 0.05) is 30.8 Å². The summed E-state index contributed by atoms with van der Waals surface area (Å²) < 4.78 is 1.75. The monoisotopic (exact) mass is 177 g/mol. The maximum absolute atomic E-state index is 11.5. The Morgan fingerprint density at radius 3 is 3.15 bits per heavy atom. The summed E-state index contributed by atoms with van der Waals surface area (Å²) in [5, 5.41) is 3.21. The Balaban J connectivity index is 2.11. The molecule has 1 aromatic rings. The summed E-state index contributed by atoms with van der Waals surface area (Å²) in [6.07, 6.45) is 4.04. The van der Waals surface area contributed by atoms with Crippen LogP contribution in [0.4, 0.5) is 5.95 Å². The number of nitrogens with zero attached hydrogens (tertiary/aromatic N) is 2. The summed E-state index contributed by atoms with van der Waals surface area (Å²) in [5.41, 5.74) is 0.434. The molecule has 1 aliphatic carbocycles. The van der Waals surface area contributed by atoms with Crippen molar-refractivity contribution in [3.63, 3.8) is 0 Å². The maximum atomic E-state index is 11.5. The largest absolute Gasteiger partial charge is 0.355 e. The number of anilines is 1.